The molecule has 1 aromatic rings. The molecule has 1 saturated carbocycles. The zero-order chi connectivity index (χ0) is 15.2. The van der Waals surface area contributed by atoms with Crippen LogP contribution in [0.15, 0.2) is 18.2 Å². The maximum atomic E-state index is 10.4. The molecule has 118 valence electrons. The van der Waals surface area contributed by atoms with Crippen LogP contribution in [-0.4, -0.2) is 17.7 Å². The molecule has 0 amide bonds. The van der Waals surface area contributed by atoms with Crippen molar-refractivity contribution in [2.75, 3.05) is 6.54 Å². The molecule has 1 aliphatic carbocycles. The average molecular weight is 330 g/mol. The van der Waals surface area contributed by atoms with Crippen molar-refractivity contribution >= 4 is 23.2 Å². The quantitative estimate of drug-likeness (QED) is 0.771. The summed E-state index contributed by atoms with van der Waals surface area (Å²) in [7, 11) is 0. The van der Waals surface area contributed by atoms with E-state index in [1.165, 1.54) is 32.1 Å². The van der Waals surface area contributed by atoms with E-state index >= 15 is 0 Å². The zero-order valence-electron chi connectivity index (χ0n) is 12.6. The van der Waals surface area contributed by atoms with E-state index in [4.69, 9.17) is 23.2 Å². The van der Waals surface area contributed by atoms with E-state index in [1.54, 1.807) is 18.2 Å². The number of hydrogen-bond donors (Lipinski definition) is 2. The van der Waals surface area contributed by atoms with Crippen LogP contribution in [0, 0.1) is 5.92 Å². The van der Waals surface area contributed by atoms with Gasteiger partial charge in [-0.25, -0.2) is 0 Å². The van der Waals surface area contributed by atoms with E-state index in [9.17, 15) is 5.11 Å². The number of nitrogens with one attached hydrogen (secondary N) is 1. The predicted octanol–water partition coefficient (Wildman–Crippen LogP) is 4.98. The minimum atomic E-state index is -0.617. The summed E-state index contributed by atoms with van der Waals surface area (Å²) in [6.45, 7) is 2.74. The fraction of sp³-hybridized carbons (Fsp3) is 0.647. The summed E-state index contributed by atoms with van der Waals surface area (Å²) in [5, 5.41) is 15.1. The van der Waals surface area contributed by atoms with Gasteiger partial charge in [0.05, 0.1) is 6.10 Å². The molecule has 0 heterocycles. The molecule has 1 aromatic carbocycles. The minimum absolute atomic E-state index is 0.484. The van der Waals surface area contributed by atoms with Crippen LogP contribution in [-0.2, 0) is 0 Å². The third kappa shape index (κ3) is 4.85. The number of aliphatic hydroxyl groups is 1. The van der Waals surface area contributed by atoms with Gasteiger partial charge in [0.15, 0.2) is 0 Å². The number of aliphatic hydroxyl groups excluding tert-OH is 1. The summed E-state index contributed by atoms with van der Waals surface area (Å²) in [4.78, 5) is 0. The van der Waals surface area contributed by atoms with E-state index in [1.807, 2.05) is 0 Å². The highest BCUT2D eigenvalue weighted by molar-refractivity contribution is 6.33. The molecule has 0 saturated heterocycles. The van der Waals surface area contributed by atoms with Gasteiger partial charge in [0, 0.05) is 28.2 Å². The summed E-state index contributed by atoms with van der Waals surface area (Å²) >= 11 is 12.1. The van der Waals surface area contributed by atoms with Crippen LogP contribution in [0.5, 0.6) is 0 Å². The third-order valence-electron chi connectivity index (χ3n) is 4.55. The fourth-order valence-corrected chi connectivity index (χ4v) is 3.75. The van der Waals surface area contributed by atoms with Crippen molar-refractivity contribution in [2.45, 2.75) is 57.6 Å². The molecule has 2 nitrogen and oxygen atoms in total. The Hall–Kier alpha value is -0.280. The Morgan fingerprint density at radius 3 is 2.62 bits per heavy atom. The topological polar surface area (TPSA) is 32.3 Å². The molecule has 0 radical (unpaired) electrons. The lowest BCUT2D eigenvalue weighted by Gasteiger charge is -2.31. The van der Waals surface area contributed by atoms with Crippen LogP contribution in [0.1, 0.15) is 57.1 Å². The molecule has 4 heteroatoms. The van der Waals surface area contributed by atoms with Crippen molar-refractivity contribution in [1.82, 2.24) is 5.32 Å². The van der Waals surface area contributed by atoms with Crippen LogP contribution >= 0.6 is 23.2 Å². The molecule has 2 N–H and O–H groups in total. The Kier molecular flexibility index (Phi) is 6.81. The maximum Gasteiger partial charge on any atom is 0.0929 e. The van der Waals surface area contributed by atoms with E-state index in [0.29, 0.717) is 28.2 Å². The highest BCUT2D eigenvalue weighted by atomic mass is 35.5. The third-order valence-corrected chi connectivity index (χ3v) is 5.13. The Morgan fingerprint density at radius 2 is 1.95 bits per heavy atom. The van der Waals surface area contributed by atoms with E-state index in [0.717, 1.165) is 12.3 Å². The van der Waals surface area contributed by atoms with Gasteiger partial charge < -0.3 is 10.4 Å². The molecule has 1 aliphatic rings. The maximum absolute atomic E-state index is 10.4. The van der Waals surface area contributed by atoms with Gasteiger partial charge in [-0.1, -0.05) is 49.4 Å². The summed E-state index contributed by atoms with van der Waals surface area (Å²) in [6, 6.07) is 5.71. The lowest BCUT2D eigenvalue weighted by Crippen LogP contribution is -2.39. The second kappa shape index (κ2) is 8.38. The molecule has 0 aliphatic heterocycles. The van der Waals surface area contributed by atoms with Crippen LogP contribution in [0.3, 0.4) is 0 Å². The Morgan fingerprint density at radius 1 is 1.24 bits per heavy atom. The number of rotatable bonds is 6. The summed E-state index contributed by atoms with van der Waals surface area (Å²) in [5.74, 6) is 0.741. The summed E-state index contributed by atoms with van der Waals surface area (Å²) in [6.07, 6.45) is 7.14. The lowest BCUT2D eigenvalue weighted by molar-refractivity contribution is 0.157. The summed E-state index contributed by atoms with van der Waals surface area (Å²) in [5.41, 5.74) is 0.704. The molecule has 2 rings (SSSR count). The van der Waals surface area contributed by atoms with Crippen molar-refractivity contribution in [1.29, 1.82) is 0 Å². The first-order valence-electron chi connectivity index (χ1n) is 7.98. The summed E-state index contributed by atoms with van der Waals surface area (Å²) < 4.78 is 0. The second-order valence-electron chi connectivity index (χ2n) is 6.00. The molecule has 2 atom stereocenters. The lowest BCUT2D eigenvalue weighted by atomic mass is 9.83. The molecule has 0 spiro atoms. The Labute approximate surface area is 137 Å². The van der Waals surface area contributed by atoms with Gasteiger partial charge in [0.25, 0.3) is 0 Å². The highest BCUT2D eigenvalue weighted by Gasteiger charge is 2.23. The van der Waals surface area contributed by atoms with Crippen molar-refractivity contribution in [3.05, 3.63) is 33.8 Å². The fourth-order valence-electron chi connectivity index (χ4n) is 3.32. The average Bonchev–Trinajstić information content (AvgIpc) is 2.51. The van der Waals surface area contributed by atoms with Gasteiger partial charge >= 0.3 is 0 Å². The predicted molar refractivity (Wildman–Crippen MR) is 90.1 cm³/mol. The standard InChI is InChI=1S/C17H25Cl2NO/c1-2-16(12-6-4-3-5-7-12)20-11-17(21)14-10-13(18)8-9-15(14)19/h8-10,12,16-17,20-21H,2-7,11H2,1H3. The minimum Gasteiger partial charge on any atom is -0.387 e. The number of hydrogen-bond acceptors (Lipinski definition) is 2. The van der Waals surface area contributed by atoms with Crippen molar-refractivity contribution in [3.63, 3.8) is 0 Å². The van der Waals surface area contributed by atoms with Crippen molar-refractivity contribution < 1.29 is 5.11 Å². The van der Waals surface area contributed by atoms with Crippen LogP contribution in [0.25, 0.3) is 0 Å². The largest absolute Gasteiger partial charge is 0.387 e. The van der Waals surface area contributed by atoms with Gasteiger partial charge in [-0.2, -0.15) is 0 Å². The van der Waals surface area contributed by atoms with Gasteiger partial charge in [-0.05, 0) is 43.4 Å². The van der Waals surface area contributed by atoms with E-state index < -0.39 is 6.10 Å². The van der Waals surface area contributed by atoms with Gasteiger partial charge in [-0.3, -0.25) is 0 Å². The first kappa shape index (κ1) is 17.1. The smallest absolute Gasteiger partial charge is 0.0929 e. The van der Waals surface area contributed by atoms with E-state index in [2.05, 4.69) is 12.2 Å². The van der Waals surface area contributed by atoms with Gasteiger partial charge in [0.1, 0.15) is 0 Å². The molecule has 0 aromatic heterocycles. The first-order valence-corrected chi connectivity index (χ1v) is 8.73. The molecule has 2 unspecified atom stereocenters. The highest BCUT2D eigenvalue weighted by Crippen LogP contribution is 2.29. The van der Waals surface area contributed by atoms with Crippen LogP contribution < -0.4 is 5.32 Å². The van der Waals surface area contributed by atoms with Gasteiger partial charge in [0.2, 0.25) is 0 Å². The van der Waals surface area contributed by atoms with Crippen LogP contribution in [0.2, 0.25) is 10.0 Å². The molecule has 1 fully saturated rings. The Balaban J connectivity index is 1.92. The van der Waals surface area contributed by atoms with Crippen LogP contribution in [0.4, 0.5) is 0 Å². The monoisotopic (exact) mass is 329 g/mol. The van der Waals surface area contributed by atoms with E-state index in [-0.39, 0.29) is 0 Å². The molecule has 0 bridgehead atoms. The SMILES string of the molecule is CCC(NCC(O)c1cc(Cl)ccc1Cl)C1CCCCC1. The zero-order valence-corrected chi connectivity index (χ0v) is 14.1. The number of halogens is 2. The molecular formula is C17H25Cl2NO. The van der Waals surface area contributed by atoms with Crippen molar-refractivity contribution in [2.24, 2.45) is 5.92 Å². The number of benzene rings is 1. The first-order chi connectivity index (χ1) is 10.1. The Bertz CT molecular complexity index is 446. The molecule has 21 heavy (non-hydrogen) atoms. The van der Waals surface area contributed by atoms with Gasteiger partial charge in [-0.15, -0.1) is 0 Å². The normalized spacial score (nSPS) is 19.4. The van der Waals surface area contributed by atoms with Crippen molar-refractivity contribution in [3.8, 4) is 0 Å². The molecular weight excluding hydrogens is 305 g/mol. The second-order valence-corrected chi connectivity index (χ2v) is 6.85.